The van der Waals surface area contributed by atoms with Crippen LogP contribution in [-0.2, 0) is 0 Å². The molecule has 0 saturated heterocycles. The minimum atomic E-state index is -0.203. The molecule has 0 spiro atoms. The summed E-state index contributed by atoms with van der Waals surface area (Å²) in [6.45, 7) is 0. The van der Waals surface area contributed by atoms with Gasteiger partial charge in [0.15, 0.2) is 0 Å². The maximum Gasteiger partial charge on any atom is 0.123 e. The van der Waals surface area contributed by atoms with Crippen LogP contribution in [0.3, 0.4) is 0 Å². The molecule has 2 aromatic rings. The molecule has 0 aliphatic carbocycles. The summed E-state index contributed by atoms with van der Waals surface area (Å²) in [5, 5.41) is 3.23. The molecule has 1 aromatic heterocycles. The summed E-state index contributed by atoms with van der Waals surface area (Å²) in [4.78, 5) is 1.21. The molecule has 0 bridgehead atoms. The van der Waals surface area contributed by atoms with Crippen LogP contribution in [0.5, 0.6) is 0 Å². The summed E-state index contributed by atoms with van der Waals surface area (Å²) in [7, 11) is 1.90. The highest BCUT2D eigenvalue weighted by Gasteiger charge is 2.13. The number of hydrogen-bond donors (Lipinski definition) is 1. The van der Waals surface area contributed by atoms with Crippen molar-refractivity contribution in [2.45, 2.75) is 6.04 Å². The Hall–Kier alpha value is -0.710. The van der Waals surface area contributed by atoms with Crippen molar-refractivity contribution < 1.29 is 4.39 Å². The van der Waals surface area contributed by atoms with Crippen molar-refractivity contribution in [3.05, 3.63) is 56.4 Å². The van der Waals surface area contributed by atoms with Crippen molar-refractivity contribution in [1.82, 2.24) is 5.32 Å². The molecule has 1 heterocycles. The average molecular weight is 300 g/mol. The highest BCUT2D eigenvalue weighted by Crippen LogP contribution is 2.30. The Morgan fingerprint density at radius 3 is 2.38 bits per heavy atom. The van der Waals surface area contributed by atoms with Gasteiger partial charge in [-0.05, 0) is 52.8 Å². The lowest BCUT2D eigenvalue weighted by atomic mass is 10.1. The second kappa shape index (κ2) is 5.08. The fraction of sp³-hybridized carbons (Fsp3) is 0.167. The van der Waals surface area contributed by atoms with Gasteiger partial charge in [-0.3, -0.25) is 0 Å². The predicted molar refractivity (Wildman–Crippen MR) is 69.3 cm³/mol. The number of hydrogen-bond acceptors (Lipinski definition) is 2. The van der Waals surface area contributed by atoms with E-state index in [1.807, 2.05) is 25.2 Å². The van der Waals surface area contributed by atoms with Crippen LogP contribution in [0, 0.1) is 5.82 Å². The Morgan fingerprint density at radius 2 is 1.88 bits per heavy atom. The van der Waals surface area contributed by atoms with Crippen molar-refractivity contribution >= 4 is 27.3 Å². The molecular formula is C12H11BrFNS. The van der Waals surface area contributed by atoms with E-state index >= 15 is 0 Å². The molecule has 1 atom stereocenters. The average Bonchev–Trinajstić information content (AvgIpc) is 2.69. The number of nitrogens with one attached hydrogen (secondary N) is 1. The van der Waals surface area contributed by atoms with Gasteiger partial charge in [0.1, 0.15) is 5.82 Å². The third-order valence-electron chi connectivity index (χ3n) is 2.37. The zero-order valence-electron chi connectivity index (χ0n) is 8.71. The van der Waals surface area contributed by atoms with E-state index in [0.29, 0.717) is 0 Å². The van der Waals surface area contributed by atoms with Crippen LogP contribution >= 0.6 is 27.3 Å². The summed E-state index contributed by atoms with van der Waals surface area (Å²) >= 11 is 5.12. The minimum absolute atomic E-state index is 0.122. The van der Waals surface area contributed by atoms with Crippen molar-refractivity contribution in [3.8, 4) is 0 Å². The number of benzene rings is 1. The first-order chi connectivity index (χ1) is 7.70. The molecule has 1 unspecified atom stereocenters. The molecule has 1 nitrogen and oxygen atoms in total. The summed E-state index contributed by atoms with van der Waals surface area (Å²) in [5.41, 5.74) is 1.07. The van der Waals surface area contributed by atoms with E-state index < -0.39 is 0 Å². The van der Waals surface area contributed by atoms with Gasteiger partial charge in [0.2, 0.25) is 0 Å². The summed E-state index contributed by atoms with van der Waals surface area (Å²) in [5.74, 6) is -0.203. The first-order valence-corrected chi connectivity index (χ1v) is 6.49. The largest absolute Gasteiger partial charge is 0.309 e. The van der Waals surface area contributed by atoms with Crippen molar-refractivity contribution in [3.63, 3.8) is 0 Å². The number of halogens is 2. The molecule has 0 aliphatic rings. The third-order valence-corrected chi connectivity index (χ3v) is 4.06. The third kappa shape index (κ3) is 2.51. The molecule has 0 aliphatic heterocycles. The maximum atomic E-state index is 12.8. The molecule has 0 saturated carbocycles. The van der Waals surface area contributed by atoms with Gasteiger partial charge in [-0.2, -0.15) is 0 Å². The summed E-state index contributed by atoms with van der Waals surface area (Å²) in [6, 6.07) is 10.8. The van der Waals surface area contributed by atoms with E-state index in [1.54, 1.807) is 11.3 Å². The molecule has 0 radical (unpaired) electrons. The second-order valence-electron chi connectivity index (χ2n) is 3.42. The minimum Gasteiger partial charge on any atom is -0.309 e. The van der Waals surface area contributed by atoms with E-state index in [1.165, 1.54) is 17.0 Å². The Kier molecular flexibility index (Phi) is 3.74. The van der Waals surface area contributed by atoms with Gasteiger partial charge in [-0.1, -0.05) is 12.1 Å². The van der Waals surface area contributed by atoms with Crippen LogP contribution in [-0.4, -0.2) is 7.05 Å². The standard InChI is InChI=1S/C12H11BrFNS/c1-15-12(10-6-7-11(13)16-10)8-2-4-9(14)5-3-8/h2-7,12,15H,1H3. The van der Waals surface area contributed by atoms with Gasteiger partial charge in [0, 0.05) is 4.88 Å². The predicted octanol–water partition coefficient (Wildman–Crippen LogP) is 3.96. The van der Waals surface area contributed by atoms with Crippen LogP contribution in [0.4, 0.5) is 4.39 Å². The van der Waals surface area contributed by atoms with E-state index in [-0.39, 0.29) is 11.9 Å². The van der Waals surface area contributed by atoms with Crippen molar-refractivity contribution in [2.24, 2.45) is 0 Å². The Bertz CT molecular complexity index is 466. The van der Waals surface area contributed by atoms with Crippen LogP contribution in [0.1, 0.15) is 16.5 Å². The topological polar surface area (TPSA) is 12.0 Å². The van der Waals surface area contributed by atoms with E-state index in [0.717, 1.165) is 9.35 Å². The Balaban J connectivity index is 2.32. The molecule has 1 aromatic carbocycles. The normalized spacial score (nSPS) is 12.7. The maximum absolute atomic E-state index is 12.8. The Labute approximate surface area is 106 Å². The molecule has 0 amide bonds. The molecular weight excluding hydrogens is 289 g/mol. The molecule has 0 fully saturated rings. The molecule has 16 heavy (non-hydrogen) atoms. The van der Waals surface area contributed by atoms with Crippen LogP contribution in [0.15, 0.2) is 40.2 Å². The first kappa shape index (κ1) is 11.8. The summed E-state index contributed by atoms with van der Waals surface area (Å²) < 4.78 is 13.9. The lowest BCUT2D eigenvalue weighted by Gasteiger charge is -2.14. The Morgan fingerprint density at radius 1 is 1.19 bits per heavy atom. The van der Waals surface area contributed by atoms with E-state index in [9.17, 15) is 4.39 Å². The van der Waals surface area contributed by atoms with Gasteiger partial charge in [0.25, 0.3) is 0 Å². The van der Waals surface area contributed by atoms with Crippen LogP contribution in [0.2, 0.25) is 0 Å². The monoisotopic (exact) mass is 299 g/mol. The lowest BCUT2D eigenvalue weighted by Crippen LogP contribution is -2.16. The van der Waals surface area contributed by atoms with E-state index in [2.05, 4.69) is 27.3 Å². The van der Waals surface area contributed by atoms with E-state index in [4.69, 9.17) is 0 Å². The van der Waals surface area contributed by atoms with Gasteiger partial charge in [0.05, 0.1) is 9.83 Å². The van der Waals surface area contributed by atoms with Crippen LogP contribution in [0.25, 0.3) is 0 Å². The molecule has 4 heteroatoms. The van der Waals surface area contributed by atoms with Gasteiger partial charge in [-0.15, -0.1) is 11.3 Å². The zero-order chi connectivity index (χ0) is 11.5. The second-order valence-corrected chi connectivity index (χ2v) is 5.91. The number of rotatable bonds is 3. The molecule has 2 rings (SSSR count). The van der Waals surface area contributed by atoms with Crippen molar-refractivity contribution in [1.29, 1.82) is 0 Å². The zero-order valence-corrected chi connectivity index (χ0v) is 11.1. The fourth-order valence-electron chi connectivity index (χ4n) is 1.61. The van der Waals surface area contributed by atoms with Crippen molar-refractivity contribution in [2.75, 3.05) is 7.05 Å². The van der Waals surface area contributed by atoms with Gasteiger partial charge in [-0.25, -0.2) is 4.39 Å². The van der Waals surface area contributed by atoms with Gasteiger partial charge >= 0.3 is 0 Å². The lowest BCUT2D eigenvalue weighted by molar-refractivity contribution is 0.624. The fourth-order valence-corrected chi connectivity index (χ4v) is 3.17. The highest BCUT2D eigenvalue weighted by molar-refractivity contribution is 9.11. The quantitative estimate of drug-likeness (QED) is 0.905. The SMILES string of the molecule is CNC(c1ccc(F)cc1)c1ccc(Br)s1. The smallest absolute Gasteiger partial charge is 0.123 e. The first-order valence-electron chi connectivity index (χ1n) is 4.88. The van der Waals surface area contributed by atoms with Crippen LogP contribution < -0.4 is 5.32 Å². The van der Waals surface area contributed by atoms with Gasteiger partial charge < -0.3 is 5.32 Å². The molecule has 1 N–H and O–H groups in total. The number of thiophene rings is 1. The summed E-state index contributed by atoms with van der Waals surface area (Å²) in [6.07, 6.45) is 0. The molecule has 84 valence electrons. The highest BCUT2D eigenvalue weighted by atomic mass is 79.9.